The van der Waals surface area contributed by atoms with Gasteiger partial charge in [-0.15, -0.1) is 0 Å². The van der Waals surface area contributed by atoms with E-state index in [1.54, 1.807) is 26.8 Å². The summed E-state index contributed by atoms with van der Waals surface area (Å²) in [6, 6.07) is 2.96. The van der Waals surface area contributed by atoms with Gasteiger partial charge < -0.3 is 24.6 Å². The van der Waals surface area contributed by atoms with Crippen LogP contribution in [-0.4, -0.2) is 47.6 Å². The van der Waals surface area contributed by atoms with Gasteiger partial charge in [-0.1, -0.05) is 43.6 Å². The van der Waals surface area contributed by atoms with Crippen molar-refractivity contribution in [1.29, 1.82) is 0 Å². The van der Waals surface area contributed by atoms with Crippen molar-refractivity contribution in [3.63, 3.8) is 0 Å². The highest BCUT2D eigenvalue weighted by Gasteiger charge is 2.31. The van der Waals surface area contributed by atoms with E-state index in [0.717, 1.165) is 0 Å². The van der Waals surface area contributed by atoms with E-state index in [1.165, 1.54) is 19.1 Å². The van der Waals surface area contributed by atoms with Crippen molar-refractivity contribution >= 4 is 42.4 Å². The summed E-state index contributed by atoms with van der Waals surface area (Å²) in [4.78, 5) is 16.0. The molecule has 0 bridgehead atoms. The van der Waals surface area contributed by atoms with Gasteiger partial charge in [0.2, 0.25) is 13.4 Å². The number of anilines is 1. The zero-order chi connectivity index (χ0) is 30.2. The number of nitrogens with one attached hydrogen (secondary N) is 3. The first-order chi connectivity index (χ1) is 18.7. The van der Waals surface area contributed by atoms with E-state index in [0.29, 0.717) is 17.9 Å². The molecule has 40 heavy (non-hydrogen) atoms. The van der Waals surface area contributed by atoms with Gasteiger partial charge in [-0.3, -0.25) is 9.36 Å². The fraction of sp³-hybridized carbons (Fsp3) is 0.462. The van der Waals surface area contributed by atoms with Crippen LogP contribution in [-0.2, 0) is 18.8 Å². The predicted molar refractivity (Wildman–Crippen MR) is 155 cm³/mol. The third-order valence-corrected chi connectivity index (χ3v) is 8.46. The largest absolute Gasteiger partial charge is 0.508 e. The molecule has 0 amide bonds. The minimum absolute atomic E-state index is 0.0201. The molecular weight excluding hydrogens is 585 g/mol. The number of pyridine rings is 1. The minimum Gasteiger partial charge on any atom is -0.508 e. The number of phenolic OH excluding ortho intramolecular Hbond substituents is 1. The van der Waals surface area contributed by atoms with Crippen LogP contribution in [0.4, 0.5) is 10.2 Å². The van der Waals surface area contributed by atoms with Crippen LogP contribution in [0, 0.1) is 5.95 Å². The van der Waals surface area contributed by atoms with Gasteiger partial charge in [0.15, 0.2) is 11.6 Å². The number of phenols is 1. The summed E-state index contributed by atoms with van der Waals surface area (Å²) in [6.45, 7) is 14.7. The van der Waals surface area contributed by atoms with Crippen molar-refractivity contribution in [2.45, 2.75) is 59.5 Å². The lowest BCUT2D eigenvalue weighted by molar-refractivity contribution is -0.144. The van der Waals surface area contributed by atoms with Gasteiger partial charge in [-0.2, -0.15) is 9.37 Å². The van der Waals surface area contributed by atoms with Crippen molar-refractivity contribution in [3.8, 4) is 17.2 Å². The topological polar surface area (TPSA) is 131 Å². The van der Waals surface area contributed by atoms with E-state index in [2.05, 4.69) is 27.1 Å². The molecule has 0 spiro atoms. The average molecular weight is 621 g/mol. The third-order valence-electron chi connectivity index (χ3n) is 5.57. The van der Waals surface area contributed by atoms with Gasteiger partial charge in [0, 0.05) is 5.56 Å². The maximum Gasteiger partial charge on any atom is 0.323 e. The minimum atomic E-state index is -3.68. The number of carbonyl (C=O) groups is 1. The average Bonchev–Trinajstić information content (AvgIpc) is 2.88. The molecule has 0 aliphatic heterocycles. The molecule has 1 unspecified atom stereocenters. The molecule has 0 radical (unpaired) electrons. The summed E-state index contributed by atoms with van der Waals surface area (Å²) < 4.78 is 44.9. The number of rotatable bonds is 15. The Balaban J connectivity index is 2.38. The van der Waals surface area contributed by atoms with Crippen molar-refractivity contribution in [1.82, 2.24) is 15.2 Å². The molecule has 1 aromatic heterocycles. The quantitative estimate of drug-likeness (QED) is 0.0731. The smallest absolute Gasteiger partial charge is 0.323 e. The molecule has 0 aliphatic rings. The maximum absolute atomic E-state index is 14.8. The lowest BCUT2D eigenvalue weighted by Gasteiger charge is -2.28. The number of aromatic nitrogens is 1. The summed E-state index contributed by atoms with van der Waals surface area (Å²) in [5.41, 5.74) is 0.606. The molecular formula is C26H36Cl2FN4O6P. The van der Waals surface area contributed by atoms with Crippen LogP contribution in [0.2, 0.25) is 10.0 Å². The first-order valence-electron chi connectivity index (χ1n) is 12.6. The summed E-state index contributed by atoms with van der Waals surface area (Å²) in [5, 5.41) is 17.9. The number of carbonyl (C=O) groups excluding carboxylic acids is 1. The van der Waals surface area contributed by atoms with Crippen LogP contribution in [0.1, 0.15) is 53.0 Å². The fourth-order valence-electron chi connectivity index (χ4n) is 3.52. The van der Waals surface area contributed by atoms with Gasteiger partial charge in [0.1, 0.15) is 33.3 Å². The Hall–Kier alpha value is -2.56. The SMILES string of the molecule is C=C(OCC)[C@H](C)NP(=O)(CNc1nc(F)c(Cl)c(Oc2ccc(O)c(C(C)C)c2)c1Cl)N[C@@H](C)C(=O)OCC. The van der Waals surface area contributed by atoms with Crippen molar-refractivity contribution in [2.24, 2.45) is 0 Å². The van der Waals surface area contributed by atoms with Crippen LogP contribution in [0.3, 0.4) is 0 Å². The van der Waals surface area contributed by atoms with Crippen molar-refractivity contribution in [2.75, 3.05) is 24.8 Å². The van der Waals surface area contributed by atoms with E-state index in [4.69, 9.17) is 37.4 Å². The normalized spacial score (nSPS) is 14.2. The summed E-state index contributed by atoms with van der Waals surface area (Å²) >= 11 is 12.6. The lowest BCUT2D eigenvalue weighted by Crippen LogP contribution is -2.41. The van der Waals surface area contributed by atoms with Gasteiger partial charge in [-0.05, 0) is 51.8 Å². The summed E-state index contributed by atoms with van der Waals surface area (Å²) in [7, 11) is -3.68. The Labute approximate surface area is 244 Å². The summed E-state index contributed by atoms with van der Waals surface area (Å²) in [6.07, 6.45) is -0.371. The molecule has 1 aromatic carbocycles. The lowest BCUT2D eigenvalue weighted by atomic mass is 10.0. The Morgan fingerprint density at radius 2 is 1.73 bits per heavy atom. The van der Waals surface area contributed by atoms with E-state index < -0.39 is 36.5 Å². The zero-order valence-corrected chi connectivity index (χ0v) is 25.7. The molecule has 2 aromatic rings. The first kappa shape index (κ1) is 33.6. The molecule has 1 heterocycles. The number of benzene rings is 1. The monoisotopic (exact) mass is 620 g/mol. The highest BCUT2D eigenvalue weighted by atomic mass is 35.5. The second-order valence-corrected chi connectivity index (χ2v) is 12.2. The predicted octanol–water partition coefficient (Wildman–Crippen LogP) is 6.78. The summed E-state index contributed by atoms with van der Waals surface area (Å²) in [5.74, 6) is -1.49. The zero-order valence-electron chi connectivity index (χ0n) is 23.3. The number of esters is 1. The highest BCUT2D eigenvalue weighted by Crippen LogP contribution is 2.44. The second kappa shape index (κ2) is 14.9. The van der Waals surface area contributed by atoms with Gasteiger partial charge >= 0.3 is 5.97 Å². The molecule has 10 nitrogen and oxygen atoms in total. The van der Waals surface area contributed by atoms with Gasteiger partial charge in [-0.25, -0.2) is 10.2 Å². The molecule has 0 saturated heterocycles. The van der Waals surface area contributed by atoms with Gasteiger partial charge in [0.05, 0.1) is 25.5 Å². The molecule has 222 valence electrons. The Morgan fingerprint density at radius 1 is 1.10 bits per heavy atom. The van der Waals surface area contributed by atoms with Crippen LogP contribution in [0.5, 0.6) is 17.2 Å². The molecule has 2 rings (SSSR count). The Kier molecular flexibility index (Phi) is 12.5. The second-order valence-electron chi connectivity index (χ2n) is 9.11. The first-order valence-corrected chi connectivity index (χ1v) is 15.3. The Bertz CT molecular complexity index is 1240. The fourth-order valence-corrected chi connectivity index (χ4v) is 6.12. The number of hydrogen-bond donors (Lipinski definition) is 4. The molecule has 4 N–H and O–H groups in total. The maximum atomic E-state index is 14.8. The van der Waals surface area contributed by atoms with E-state index >= 15 is 0 Å². The third kappa shape index (κ3) is 8.97. The van der Waals surface area contributed by atoms with E-state index in [-0.39, 0.29) is 46.9 Å². The number of hydrogen-bond acceptors (Lipinski definition) is 8. The molecule has 14 heteroatoms. The van der Waals surface area contributed by atoms with E-state index in [1.807, 2.05) is 13.8 Å². The van der Waals surface area contributed by atoms with Crippen molar-refractivity contribution < 1.29 is 33.1 Å². The number of nitrogens with zero attached hydrogens (tertiary/aromatic N) is 1. The van der Waals surface area contributed by atoms with Crippen molar-refractivity contribution in [3.05, 3.63) is 52.1 Å². The standard InChI is InChI=1S/C26H36Cl2FN4O6P/c1-8-37-17(7)15(5)32-40(36,33-16(6)26(35)38-9-2)13-30-25-22(28)23(21(27)24(29)31-25)39-18-10-11-20(34)19(12-18)14(3)4/h10-12,14-16,34H,7-9,13H2,1-6H3,(H,30,31)(H2,32,33,36)/t15-,16-,40?/m0/s1. The molecule has 0 fully saturated rings. The van der Waals surface area contributed by atoms with Gasteiger partial charge in [0.25, 0.3) is 0 Å². The van der Waals surface area contributed by atoms with E-state index in [9.17, 15) is 18.9 Å². The van der Waals surface area contributed by atoms with Crippen LogP contribution < -0.4 is 20.2 Å². The highest BCUT2D eigenvalue weighted by molar-refractivity contribution is 7.60. The molecule has 3 atom stereocenters. The number of aromatic hydroxyl groups is 1. The van der Waals surface area contributed by atoms with Crippen LogP contribution in [0.25, 0.3) is 0 Å². The number of ether oxygens (including phenoxy) is 3. The van der Waals surface area contributed by atoms with Crippen LogP contribution in [0.15, 0.2) is 30.5 Å². The number of halogens is 3. The molecule has 0 aliphatic carbocycles. The van der Waals surface area contributed by atoms with Crippen LogP contribution >= 0.6 is 30.6 Å². The molecule has 0 saturated carbocycles. The Morgan fingerprint density at radius 3 is 2.33 bits per heavy atom.